The second-order valence-corrected chi connectivity index (χ2v) is 4.72. The summed E-state index contributed by atoms with van der Waals surface area (Å²) in [6.07, 6.45) is 0. The van der Waals surface area contributed by atoms with Crippen molar-refractivity contribution in [2.24, 2.45) is 0 Å². The maximum Gasteiger partial charge on any atom is 0.124 e. The fourth-order valence-electron chi connectivity index (χ4n) is 1.37. The van der Waals surface area contributed by atoms with Crippen molar-refractivity contribution in [2.75, 3.05) is 25.2 Å². The number of thioether (sulfide) groups is 1. The van der Waals surface area contributed by atoms with Crippen LogP contribution in [0.2, 0.25) is 0 Å². The van der Waals surface area contributed by atoms with Crippen LogP contribution in [0, 0.1) is 5.82 Å². The van der Waals surface area contributed by atoms with Gasteiger partial charge < -0.3 is 10.1 Å². The molecule has 0 saturated heterocycles. The largest absolute Gasteiger partial charge is 0.492 e. The fraction of sp³-hybridized carbons (Fsp3) is 0.500. The van der Waals surface area contributed by atoms with E-state index in [9.17, 15) is 4.39 Å². The minimum absolute atomic E-state index is 0.222. The van der Waals surface area contributed by atoms with Crippen molar-refractivity contribution in [2.45, 2.75) is 13.5 Å². The summed E-state index contributed by atoms with van der Waals surface area (Å²) in [5.74, 6) is 2.61. The average molecular weight is 243 g/mol. The molecule has 16 heavy (non-hydrogen) atoms. The van der Waals surface area contributed by atoms with Crippen LogP contribution in [0.1, 0.15) is 12.5 Å². The third-order valence-corrected chi connectivity index (χ3v) is 2.94. The number of hydrogen-bond donors (Lipinski definition) is 1. The molecule has 4 heteroatoms. The summed E-state index contributed by atoms with van der Waals surface area (Å²) in [6.45, 7) is 3.41. The first-order valence-corrected chi connectivity index (χ1v) is 6.57. The SMILES string of the molecule is CCSCCOc1ccc(F)cc1CNC. The van der Waals surface area contributed by atoms with Gasteiger partial charge in [0.2, 0.25) is 0 Å². The van der Waals surface area contributed by atoms with Gasteiger partial charge in [-0.3, -0.25) is 0 Å². The van der Waals surface area contributed by atoms with Crippen LogP contribution in [0.3, 0.4) is 0 Å². The quantitative estimate of drug-likeness (QED) is 0.744. The Morgan fingerprint density at radius 1 is 1.44 bits per heavy atom. The van der Waals surface area contributed by atoms with Gasteiger partial charge in [0, 0.05) is 17.9 Å². The molecule has 0 aliphatic rings. The van der Waals surface area contributed by atoms with Gasteiger partial charge in [-0.15, -0.1) is 0 Å². The molecule has 0 fully saturated rings. The van der Waals surface area contributed by atoms with Gasteiger partial charge in [0.05, 0.1) is 6.61 Å². The molecule has 1 N–H and O–H groups in total. The van der Waals surface area contributed by atoms with Crippen molar-refractivity contribution in [3.05, 3.63) is 29.6 Å². The van der Waals surface area contributed by atoms with Crippen LogP contribution in [-0.2, 0) is 6.54 Å². The Morgan fingerprint density at radius 2 is 2.25 bits per heavy atom. The number of halogens is 1. The molecule has 1 aromatic rings. The molecule has 0 radical (unpaired) electrons. The summed E-state index contributed by atoms with van der Waals surface area (Å²) in [4.78, 5) is 0. The third-order valence-electron chi connectivity index (χ3n) is 2.08. The Bertz CT molecular complexity index is 320. The number of ether oxygens (including phenoxy) is 1. The molecule has 1 rings (SSSR count). The van der Waals surface area contributed by atoms with Gasteiger partial charge in [0.1, 0.15) is 11.6 Å². The lowest BCUT2D eigenvalue weighted by Crippen LogP contribution is -2.09. The lowest BCUT2D eigenvalue weighted by molar-refractivity contribution is 0.338. The highest BCUT2D eigenvalue weighted by Gasteiger charge is 2.04. The van der Waals surface area contributed by atoms with Crippen molar-refractivity contribution < 1.29 is 9.13 Å². The van der Waals surface area contributed by atoms with Gasteiger partial charge in [-0.1, -0.05) is 6.92 Å². The van der Waals surface area contributed by atoms with E-state index in [1.54, 1.807) is 6.07 Å². The number of hydrogen-bond acceptors (Lipinski definition) is 3. The van der Waals surface area contributed by atoms with E-state index in [4.69, 9.17) is 4.74 Å². The summed E-state index contributed by atoms with van der Waals surface area (Å²) in [6, 6.07) is 4.64. The summed E-state index contributed by atoms with van der Waals surface area (Å²) in [5, 5.41) is 3.00. The second-order valence-electron chi connectivity index (χ2n) is 3.33. The molecule has 0 unspecified atom stereocenters. The standard InChI is InChI=1S/C12H18FNOS/c1-3-16-7-6-15-12-5-4-11(13)8-10(12)9-14-2/h4-5,8,14H,3,6-7,9H2,1-2H3. The van der Waals surface area contributed by atoms with Crippen LogP contribution in [0.4, 0.5) is 4.39 Å². The molecule has 0 spiro atoms. The topological polar surface area (TPSA) is 21.3 Å². The predicted octanol–water partition coefficient (Wildman–Crippen LogP) is 2.68. The van der Waals surface area contributed by atoms with Gasteiger partial charge in [-0.2, -0.15) is 11.8 Å². The van der Waals surface area contributed by atoms with E-state index in [-0.39, 0.29) is 5.82 Å². The van der Waals surface area contributed by atoms with Crippen molar-refractivity contribution in [3.63, 3.8) is 0 Å². The van der Waals surface area contributed by atoms with Gasteiger partial charge in [-0.25, -0.2) is 4.39 Å². The van der Waals surface area contributed by atoms with E-state index < -0.39 is 0 Å². The van der Waals surface area contributed by atoms with Gasteiger partial charge in [0.15, 0.2) is 0 Å². The minimum atomic E-state index is -0.222. The molecule has 1 aromatic carbocycles. The Balaban J connectivity index is 2.56. The molecule has 0 amide bonds. The lowest BCUT2D eigenvalue weighted by atomic mass is 10.2. The van der Waals surface area contributed by atoms with Crippen molar-refractivity contribution in [3.8, 4) is 5.75 Å². The maximum atomic E-state index is 13.0. The Morgan fingerprint density at radius 3 is 2.94 bits per heavy atom. The number of benzene rings is 1. The smallest absolute Gasteiger partial charge is 0.124 e. The highest BCUT2D eigenvalue weighted by atomic mass is 32.2. The van der Waals surface area contributed by atoms with Crippen LogP contribution in [0.15, 0.2) is 18.2 Å². The monoisotopic (exact) mass is 243 g/mol. The average Bonchev–Trinajstić information content (AvgIpc) is 2.27. The van der Waals surface area contributed by atoms with Crippen LogP contribution in [0.25, 0.3) is 0 Å². The molecular weight excluding hydrogens is 225 g/mol. The molecule has 0 heterocycles. The lowest BCUT2D eigenvalue weighted by Gasteiger charge is -2.11. The summed E-state index contributed by atoms with van der Waals surface area (Å²) in [7, 11) is 1.83. The van der Waals surface area contributed by atoms with Crippen LogP contribution in [0.5, 0.6) is 5.75 Å². The van der Waals surface area contributed by atoms with E-state index >= 15 is 0 Å². The van der Waals surface area contributed by atoms with Crippen molar-refractivity contribution >= 4 is 11.8 Å². The van der Waals surface area contributed by atoms with Crippen LogP contribution < -0.4 is 10.1 Å². The Hall–Kier alpha value is -0.740. The normalized spacial score (nSPS) is 10.4. The summed E-state index contributed by atoms with van der Waals surface area (Å²) >= 11 is 1.84. The highest BCUT2D eigenvalue weighted by molar-refractivity contribution is 7.99. The van der Waals surface area contributed by atoms with E-state index in [0.717, 1.165) is 22.8 Å². The van der Waals surface area contributed by atoms with Crippen LogP contribution >= 0.6 is 11.8 Å². The molecule has 2 nitrogen and oxygen atoms in total. The fourth-order valence-corrected chi connectivity index (χ4v) is 1.86. The van der Waals surface area contributed by atoms with Crippen LogP contribution in [-0.4, -0.2) is 25.2 Å². The third kappa shape index (κ3) is 4.41. The molecular formula is C12H18FNOS. The first-order chi connectivity index (χ1) is 7.77. The zero-order valence-corrected chi connectivity index (χ0v) is 10.6. The first-order valence-electron chi connectivity index (χ1n) is 5.41. The molecule has 0 aromatic heterocycles. The van der Waals surface area contributed by atoms with Gasteiger partial charge in [0.25, 0.3) is 0 Å². The maximum absolute atomic E-state index is 13.0. The molecule has 0 aliphatic heterocycles. The Labute approximate surface area is 101 Å². The molecule has 0 atom stereocenters. The summed E-state index contributed by atoms with van der Waals surface area (Å²) in [5.41, 5.74) is 0.865. The zero-order chi connectivity index (χ0) is 11.8. The second kappa shape index (κ2) is 7.52. The molecule has 0 aliphatic carbocycles. The highest BCUT2D eigenvalue weighted by Crippen LogP contribution is 2.19. The van der Waals surface area contributed by atoms with Crippen molar-refractivity contribution in [1.82, 2.24) is 5.32 Å². The van der Waals surface area contributed by atoms with E-state index in [1.807, 2.05) is 18.8 Å². The summed E-state index contributed by atoms with van der Waals surface area (Å²) < 4.78 is 18.6. The van der Waals surface area contributed by atoms with Gasteiger partial charge >= 0.3 is 0 Å². The zero-order valence-electron chi connectivity index (χ0n) is 9.75. The van der Waals surface area contributed by atoms with E-state index in [1.165, 1.54) is 12.1 Å². The number of nitrogens with one attached hydrogen (secondary N) is 1. The van der Waals surface area contributed by atoms with E-state index in [2.05, 4.69) is 12.2 Å². The van der Waals surface area contributed by atoms with Crippen molar-refractivity contribution in [1.29, 1.82) is 0 Å². The molecule has 90 valence electrons. The predicted molar refractivity (Wildman–Crippen MR) is 67.7 cm³/mol. The number of rotatable bonds is 7. The van der Waals surface area contributed by atoms with E-state index in [0.29, 0.717) is 13.2 Å². The molecule has 0 saturated carbocycles. The Kier molecular flexibility index (Phi) is 6.26. The first kappa shape index (κ1) is 13.3. The van der Waals surface area contributed by atoms with Gasteiger partial charge in [-0.05, 0) is 31.0 Å². The molecule has 0 bridgehead atoms. The minimum Gasteiger partial charge on any atom is -0.492 e.